The average molecular weight is 428 g/mol. The van der Waals surface area contributed by atoms with E-state index in [1.807, 2.05) is 13.0 Å². The Morgan fingerprint density at radius 3 is 2.45 bits per heavy atom. The summed E-state index contributed by atoms with van der Waals surface area (Å²) in [6.07, 6.45) is -1.20. The molecule has 1 amide bonds. The van der Waals surface area contributed by atoms with Crippen molar-refractivity contribution in [2.75, 3.05) is 13.1 Å². The predicted molar refractivity (Wildman–Crippen MR) is 111 cm³/mol. The lowest BCUT2D eigenvalue weighted by molar-refractivity contribution is -0.157. The average Bonchev–Trinajstić information content (AvgIpc) is 2.76. The highest BCUT2D eigenvalue weighted by Gasteiger charge is 2.51. The number of rotatable bonds is 6. The molecule has 3 unspecified atom stereocenters. The molecule has 1 heterocycles. The van der Waals surface area contributed by atoms with Gasteiger partial charge in [-0.05, 0) is 37.1 Å². The molecule has 7 nitrogen and oxygen atoms in total. The number of hydrogen-bond acceptors (Lipinski definition) is 5. The SMILES string of the molecule is CC1CN(C(=O)O)C(C)(C(C(=O)C(=O)OCc2ccccc2)c2ccc(F)cc2)CN1. The summed E-state index contributed by atoms with van der Waals surface area (Å²) >= 11 is 0. The Labute approximate surface area is 179 Å². The van der Waals surface area contributed by atoms with E-state index in [9.17, 15) is 23.9 Å². The number of hydrogen-bond donors (Lipinski definition) is 2. The Morgan fingerprint density at radius 2 is 1.84 bits per heavy atom. The zero-order chi connectivity index (χ0) is 22.6. The van der Waals surface area contributed by atoms with Gasteiger partial charge in [-0.15, -0.1) is 0 Å². The second-order valence-corrected chi connectivity index (χ2v) is 7.94. The number of carbonyl (C=O) groups excluding carboxylic acids is 2. The Bertz CT molecular complexity index is 950. The van der Waals surface area contributed by atoms with Gasteiger partial charge in [-0.2, -0.15) is 0 Å². The lowest BCUT2D eigenvalue weighted by Crippen LogP contribution is -2.67. The van der Waals surface area contributed by atoms with Crippen LogP contribution in [0.15, 0.2) is 54.6 Å². The zero-order valence-corrected chi connectivity index (χ0v) is 17.4. The van der Waals surface area contributed by atoms with Crippen LogP contribution in [-0.2, 0) is 20.9 Å². The minimum absolute atomic E-state index is 0.0871. The summed E-state index contributed by atoms with van der Waals surface area (Å²) in [7, 11) is 0. The number of carboxylic acid groups (broad SMARTS) is 1. The van der Waals surface area contributed by atoms with Crippen LogP contribution in [0.4, 0.5) is 9.18 Å². The van der Waals surface area contributed by atoms with Crippen molar-refractivity contribution in [1.29, 1.82) is 0 Å². The maximum absolute atomic E-state index is 13.5. The molecule has 0 saturated carbocycles. The van der Waals surface area contributed by atoms with E-state index < -0.39 is 35.1 Å². The van der Waals surface area contributed by atoms with Gasteiger partial charge in [-0.25, -0.2) is 14.0 Å². The van der Waals surface area contributed by atoms with Crippen molar-refractivity contribution in [3.05, 3.63) is 71.5 Å². The van der Waals surface area contributed by atoms with Crippen molar-refractivity contribution in [2.24, 2.45) is 0 Å². The Balaban J connectivity index is 1.94. The van der Waals surface area contributed by atoms with E-state index in [0.29, 0.717) is 11.1 Å². The second-order valence-electron chi connectivity index (χ2n) is 7.94. The van der Waals surface area contributed by atoms with Crippen molar-refractivity contribution in [2.45, 2.75) is 38.0 Å². The first kappa shape index (κ1) is 22.4. The highest BCUT2D eigenvalue weighted by molar-refractivity contribution is 6.36. The van der Waals surface area contributed by atoms with Gasteiger partial charge in [0.15, 0.2) is 0 Å². The standard InChI is InChI=1S/C23H25FN2O5/c1-15-12-26(22(29)30)23(2,14-25-15)19(17-8-10-18(24)11-9-17)20(27)21(28)31-13-16-6-4-3-5-7-16/h3-11,15,19,25H,12-14H2,1-2H3,(H,29,30). The quantitative estimate of drug-likeness (QED) is 0.543. The van der Waals surface area contributed by atoms with Crippen LogP contribution in [0.25, 0.3) is 0 Å². The number of esters is 1. The van der Waals surface area contributed by atoms with Gasteiger partial charge in [-0.1, -0.05) is 42.5 Å². The van der Waals surface area contributed by atoms with Crippen molar-refractivity contribution in [1.82, 2.24) is 10.2 Å². The third-order valence-corrected chi connectivity index (χ3v) is 5.61. The zero-order valence-electron chi connectivity index (χ0n) is 17.4. The van der Waals surface area contributed by atoms with Gasteiger partial charge in [0, 0.05) is 19.1 Å². The molecule has 1 aliphatic rings. The molecule has 2 aromatic carbocycles. The fraction of sp³-hybridized carbons (Fsp3) is 0.348. The van der Waals surface area contributed by atoms with Crippen LogP contribution in [0.3, 0.4) is 0 Å². The molecular weight excluding hydrogens is 403 g/mol. The van der Waals surface area contributed by atoms with Gasteiger partial charge in [0.25, 0.3) is 0 Å². The molecule has 1 aliphatic heterocycles. The van der Waals surface area contributed by atoms with Crippen molar-refractivity contribution in [3.63, 3.8) is 0 Å². The van der Waals surface area contributed by atoms with Crippen molar-refractivity contribution < 1.29 is 28.6 Å². The summed E-state index contributed by atoms with van der Waals surface area (Å²) in [5.41, 5.74) is -0.222. The number of nitrogens with one attached hydrogen (secondary N) is 1. The first-order chi connectivity index (χ1) is 14.7. The largest absolute Gasteiger partial charge is 0.465 e. The van der Waals surface area contributed by atoms with Crippen LogP contribution < -0.4 is 5.32 Å². The number of ketones is 1. The maximum Gasteiger partial charge on any atom is 0.407 e. The van der Waals surface area contributed by atoms with Crippen LogP contribution in [0.1, 0.15) is 30.9 Å². The monoisotopic (exact) mass is 428 g/mol. The van der Waals surface area contributed by atoms with E-state index >= 15 is 0 Å². The molecule has 31 heavy (non-hydrogen) atoms. The van der Waals surface area contributed by atoms with Crippen LogP contribution >= 0.6 is 0 Å². The summed E-state index contributed by atoms with van der Waals surface area (Å²) in [5.74, 6) is -3.62. The normalized spacial score (nSPS) is 21.9. The third-order valence-electron chi connectivity index (χ3n) is 5.61. The summed E-state index contributed by atoms with van der Waals surface area (Å²) in [6, 6.07) is 13.9. The number of Topliss-reactive ketones (excluding diaryl/α,β-unsaturated/α-hetero) is 1. The number of benzene rings is 2. The first-order valence-electron chi connectivity index (χ1n) is 9.96. The van der Waals surface area contributed by atoms with E-state index in [4.69, 9.17) is 4.74 Å². The van der Waals surface area contributed by atoms with E-state index in [1.54, 1.807) is 31.2 Å². The molecule has 0 bridgehead atoms. The topological polar surface area (TPSA) is 95.9 Å². The number of carbonyl (C=O) groups is 3. The summed E-state index contributed by atoms with van der Waals surface area (Å²) in [6.45, 7) is 3.63. The molecule has 0 spiro atoms. The summed E-state index contributed by atoms with van der Waals surface area (Å²) in [4.78, 5) is 39.2. The fourth-order valence-corrected chi connectivity index (χ4v) is 3.94. The van der Waals surface area contributed by atoms with Gasteiger partial charge < -0.3 is 15.2 Å². The molecule has 0 radical (unpaired) electrons. The minimum Gasteiger partial charge on any atom is -0.465 e. The molecule has 1 saturated heterocycles. The molecule has 2 N–H and O–H groups in total. The number of nitrogens with zero attached hydrogens (tertiary/aromatic N) is 1. The highest BCUT2D eigenvalue weighted by atomic mass is 19.1. The van der Waals surface area contributed by atoms with Gasteiger partial charge in [0.2, 0.25) is 5.78 Å². The second kappa shape index (κ2) is 9.26. The van der Waals surface area contributed by atoms with Crippen LogP contribution in [0.2, 0.25) is 0 Å². The van der Waals surface area contributed by atoms with E-state index in [-0.39, 0.29) is 25.7 Å². The molecule has 1 fully saturated rings. The molecule has 164 valence electrons. The number of piperazine rings is 1. The number of amides is 1. The molecule has 3 rings (SSSR count). The van der Waals surface area contributed by atoms with Crippen LogP contribution in [0, 0.1) is 5.82 Å². The van der Waals surface area contributed by atoms with Gasteiger partial charge in [-0.3, -0.25) is 9.69 Å². The third kappa shape index (κ3) is 4.91. The summed E-state index contributed by atoms with van der Waals surface area (Å²) < 4.78 is 18.7. The van der Waals surface area contributed by atoms with E-state index in [2.05, 4.69) is 5.32 Å². The minimum atomic E-state index is -1.28. The summed E-state index contributed by atoms with van der Waals surface area (Å²) in [5, 5.41) is 13.0. The maximum atomic E-state index is 13.5. The molecule has 0 aromatic heterocycles. The van der Waals surface area contributed by atoms with E-state index in [0.717, 1.165) is 0 Å². The highest BCUT2D eigenvalue weighted by Crippen LogP contribution is 2.36. The number of ether oxygens (including phenoxy) is 1. The Kier molecular flexibility index (Phi) is 6.70. The van der Waals surface area contributed by atoms with Crippen molar-refractivity contribution in [3.8, 4) is 0 Å². The lowest BCUT2D eigenvalue weighted by atomic mass is 9.75. The predicted octanol–water partition coefficient (Wildman–Crippen LogP) is 2.95. The lowest BCUT2D eigenvalue weighted by Gasteiger charge is -2.49. The van der Waals surface area contributed by atoms with Crippen molar-refractivity contribution >= 4 is 17.8 Å². The number of halogens is 1. The smallest absolute Gasteiger partial charge is 0.407 e. The molecular formula is C23H25FN2O5. The first-order valence-corrected chi connectivity index (χ1v) is 9.96. The molecule has 8 heteroatoms. The molecule has 0 aliphatic carbocycles. The van der Waals surface area contributed by atoms with Gasteiger partial charge >= 0.3 is 12.1 Å². The van der Waals surface area contributed by atoms with Gasteiger partial charge in [0.05, 0.1) is 11.5 Å². The van der Waals surface area contributed by atoms with Gasteiger partial charge in [0.1, 0.15) is 12.4 Å². The molecule has 3 atom stereocenters. The van der Waals surface area contributed by atoms with Crippen LogP contribution in [0.5, 0.6) is 0 Å². The molecule has 2 aromatic rings. The fourth-order valence-electron chi connectivity index (χ4n) is 3.94. The van der Waals surface area contributed by atoms with Crippen LogP contribution in [-0.4, -0.2) is 52.5 Å². The van der Waals surface area contributed by atoms with E-state index in [1.165, 1.54) is 29.2 Å². The Morgan fingerprint density at radius 1 is 1.19 bits per heavy atom. The Hall–Kier alpha value is -3.26.